The topological polar surface area (TPSA) is 46.6 Å². The quantitative estimate of drug-likeness (QED) is 0.659. The van der Waals surface area contributed by atoms with Gasteiger partial charge in [0.05, 0.1) is 0 Å². The van der Waals surface area contributed by atoms with Crippen LogP contribution in [0.2, 0.25) is 0 Å². The monoisotopic (exact) mass is 213 g/mol. The summed E-state index contributed by atoms with van der Waals surface area (Å²) >= 11 is 0. The van der Waals surface area contributed by atoms with Crippen molar-refractivity contribution in [3.63, 3.8) is 0 Å². The van der Waals surface area contributed by atoms with Gasteiger partial charge in [-0.25, -0.2) is 4.79 Å². The van der Waals surface area contributed by atoms with Crippen molar-refractivity contribution in [3.05, 3.63) is 0 Å². The van der Waals surface area contributed by atoms with E-state index in [0.717, 1.165) is 19.1 Å². The molecule has 4 heteroatoms. The molecule has 0 unspecified atom stereocenters. The van der Waals surface area contributed by atoms with Gasteiger partial charge in [-0.1, -0.05) is 0 Å². The normalized spacial score (nSPS) is 21.5. The fourth-order valence-corrected chi connectivity index (χ4v) is 1.75. The van der Waals surface area contributed by atoms with Gasteiger partial charge in [0.25, 0.3) is 0 Å². The van der Waals surface area contributed by atoms with Crippen LogP contribution in [-0.4, -0.2) is 35.5 Å². The zero-order valence-electron chi connectivity index (χ0n) is 9.66. The molecule has 0 N–H and O–H groups in total. The molecule has 1 rings (SSSR count). The summed E-state index contributed by atoms with van der Waals surface area (Å²) in [7, 11) is 0. The molecule has 1 aliphatic heterocycles. The predicted molar refractivity (Wildman–Crippen MR) is 56.6 cm³/mol. The Kier molecular flexibility index (Phi) is 3.72. The van der Waals surface area contributed by atoms with Crippen LogP contribution in [0.25, 0.3) is 0 Å². The average Bonchev–Trinajstić information content (AvgIpc) is 2.49. The minimum absolute atomic E-state index is 0.0392. The van der Waals surface area contributed by atoms with E-state index >= 15 is 0 Å². The predicted octanol–water partition coefficient (Wildman–Crippen LogP) is 1.97. The van der Waals surface area contributed by atoms with E-state index in [0.29, 0.717) is 13.0 Å². The number of aldehydes is 1. The number of hydrogen-bond donors (Lipinski definition) is 0. The maximum atomic E-state index is 11.7. The van der Waals surface area contributed by atoms with Gasteiger partial charge >= 0.3 is 6.09 Å². The van der Waals surface area contributed by atoms with Crippen molar-refractivity contribution in [2.45, 2.75) is 51.7 Å². The van der Waals surface area contributed by atoms with E-state index in [4.69, 9.17) is 4.74 Å². The molecule has 0 bridgehead atoms. The van der Waals surface area contributed by atoms with Gasteiger partial charge in [-0.2, -0.15) is 0 Å². The Morgan fingerprint density at radius 1 is 1.53 bits per heavy atom. The van der Waals surface area contributed by atoms with E-state index in [1.165, 1.54) is 0 Å². The summed E-state index contributed by atoms with van der Waals surface area (Å²) in [4.78, 5) is 23.8. The summed E-state index contributed by atoms with van der Waals surface area (Å²) in [6.45, 7) is 6.23. The van der Waals surface area contributed by atoms with E-state index < -0.39 is 5.60 Å². The van der Waals surface area contributed by atoms with Crippen molar-refractivity contribution < 1.29 is 14.3 Å². The fraction of sp³-hybridized carbons (Fsp3) is 0.818. The molecular formula is C11H19NO3. The highest BCUT2D eigenvalue weighted by Gasteiger charge is 2.31. The van der Waals surface area contributed by atoms with Crippen molar-refractivity contribution in [1.82, 2.24) is 4.90 Å². The minimum Gasteiger partial charge on any atom is -0.444 e. The van der Waals surface area contributed by atoms with Gasteiger partial charge in [0.15, 0.2) is 0 Å². The molecule has 15 heavy (non-hydrogen) atoms. The zero-order chi connectivity index (χ0) is 11.5. The molecule has 1 fully saturated rings. The third-order valence-electron chi connectivity index (χ3n) is 2.37. The maximum absolute atomic E-state index is 11.7. The molecule has 0 aliphatic carbocycles. The number of ether oxygens (including phenoxy) is 1. The van der Waals surface area contributed by atoms with Crippen LogP contribution in [0.5, 0.6) is 0 Å². The number of nitrogens with zero attached hydrogens (tertiary/aromatic N) is 1. The number of rotatable bonds is 2. The van der Waals surface area contributed by atoms with Crippen LogP contribution in [0.4, 0.5) is 4.79 Å². The lowest BCUT2D eigenvalue weighted by Gasteiger charge is -2.27. The van der Waals surface area contributed by atoms with Gasteiger partial charge in [0, 0.05) is 19.0 Å². The Hall–Kier alpha value is -1.06. The maximum Gasteiger partial charge on any atom is 0.410 e. The van der Waals surface area contributed by atoms with Crippen LogP contribution in [-0.2, 0) is 9.53 Å². The summed E-state index contributed by atoms with van der Waals surface area (Å²) in [5, 5.41) is 0. The number of hydrogen-bond acceptors (Lipinski definition) is 3. The van der Waals surface area contributed by atoms with Gasteiger partial charge in [-0.15, -0.1) is 0 Å². The van der Waals surface area contributed by atoms with Crippen LogP contribution in [0, 0.1) is 0 Å². The first-order valence-electron chi connectivity index (χ1n) is 5.37. The molecule has 0 spiro atoms. The molecule has 0 aromatic rings. The van der Waals surface area contributed by atoms with E-state index in [-0.39, 0.29) is 12.1 Å². The van der Waals surface area contributed by atoms with Gasteiger partial charge < -0.3 is 14.4 Å². The molecule has 1 heterocycles. The van der Waals surface area contributed by atoms with Crippen LogP contribution >= 0.6 is 0 Å². The molecule has 1 saturated heterocycles. The van der Waals surface area contributed by atoms with Crippen LogP contribution in [0.3, 0.4) is 0 Å². The zero-order valence-corrected chi connectivity index (χ0v) is 9.66. The van der Waals surface area contributed by atoms with Crippen molar-refractivity contribution in [2.24, 2.45) is 0 Å². The largest absolute Gasteiger partial charge is 0.444 e. The number of carbonyl (C=O) groups is 2. The molecular weight excluding hydrogens is 194 g/mol. The molecule has 4 nitrogen and oxygen atoms in total. The van der Waals surface area contributed by atoms with E-state index in [1.807, 2.05) is 20.8 Å². The Balaban J connectivity index is 2.54. The summed E-state index contributed by atoms with van der Waals surface area (Å²) in [6, 6.07) is 0.0392. The third-order valence-corrected chi connectivity index (χ3v) is 2.37. The average molecular weight is 213 g/mol. The first-order valence-corrected chi connectivity index (χ1v) is 5.37. The highest BCUT2D eigenvalue weighted by Crippen LogP contribution is 2.22. The lowest BCUT2D eigenvalue weighted by atomic mass is 10.2. The standard InChI is InChI=1S/C11H19NO3/c1-11(2,3)15-10(14)12-7-4-5-9(12)6-8-13/h8-9H,4-7H2,1-3H3/t9-/m1/s1. The second-order valence-corrected chi connectivity index (χ2v) is 4.87. The summed E-state index contributed by atoms with van der Waals surface area (Å²) < 4.78 is 5.27. The van der Waals surface area contributed by atoms with E-state index in [9.17, 15) is 9.59 Å². The van der Waals surface area contributed by atoms with Gasteiger partial charge in [-0.05, 0) is 33.6 Å². The molecule has 0 aromatic carbocycles. The van der Waals surface area contributed by atoms with Crippen molar-refractivity contribution in [1.29, 1.82) is 0 Å². The lowest BCUT2D eigenvalue weighted by molar-refractivity contribution is -0.108. The van der Waals surface area contributed by atoms with Gasteiger partial charge in [0.2, 0.25) is 0 Å². The molecule has 1 amide bonds. The van der Waals surface area contributed by atoms with Gasteiger partial charge in [-0.3, -0.25) is 0 Å². The van der Waals surface area contributed by atoms with E-state index in [2.05, 4.69) is 0 Å². The SMILES string of the molecule is CC(C)(C)OC(=O)N1CCC[C@@H]1CC=O. The summed E-state index contributed by atoms with van der Waals surface area (Å²) in [5.41, 5.74) is -0.467. The van der Waals surface area contributed by atoms with Gasteiger partial charge in [0.1, 0.15) is 11.9 Å². The third kappa shape index (κ3) is 3.53. The second kappa shape index (κ2) is 4.64. The Morgan fingerprint density at radius 3 is 2.73 bits per heavy atom. The number of likely N-dealkylation sites (tertiary alicyclic amines) is 1. The minimum atomic E-state index is -0.467. The highest BCUT2D eigenvalue weighted by molar-refractivity contribution is 5.69. The van der Waals surface area contributed by atoms with Crippen molar-refractivity contribution in [3.8, 4) is 0 Å². The Labute approximate surface area is 90.6 Å². The number of carbonyl (C=O) groups excluding carboxylic acids is 2. The first-order chi connectivity index (χ1) is 6.94. The molecule has 0 aromatic heterocycles. The van der Waals surface area contributed by atoms with E-state index in [1.54, 1.807) is 4.90 Å². The summed E-state index contributed by atoms with van der Waals surface area (Å²) in [5.74, 6) is 0. The van der Waals surface area contributed by atoms with Crippen LogP contribution in [0.1, 0.15) is 40.0 Å². The lowest BCUT2D eigenvalue weighted by Crippen LogP contribution is -2.39. The Morgan fingerprint density at radius 2 is 2.20 bits per heavy atom. The van der Waals surface area contributed by atoms with Crippen molar-refractivity contribution in [2.75, 3.05) is 6.54 Å². The smallest absolute Gasteiger partial charge is 0.410 e. The molecule has 86 valence electrons. The van der Waals surface area contributed by atoms with Crippen LogP contribution < -0.4 is 0 Å². The van der Waals surface area contributed by atoms with Crippen LogP contribution in [0.15, 0.2) is 0 Å². The number of amides is 1. The highest BCUT2D eigenvalue weighted by atomic mass is 16.6. The Bertz CT molecular complexity index is 245. The molecule has 1 aliphatic rings. The fourth-order valence-electron chi connectivity index (χ4n) is 1.75. The molecule has 0 saturated carbocycles. The molecule has 0 radical (unpaired) electrons. The summed E-state index contributed by atoms with van der Waals surface area (Å²) in [6.07, 6.45) is 2.84. The van der Waals surface area contributed by atoms with Crippen molar-refractivity contribution >= 4 is 12.4 Å². The first kappa shape index (κ1) is 12.0. The second-order valence-electron chi connectivity index (χ2n) is 4.87. The molecule has 1 atom stereocenters.